The van der Waals surface area contributed by atoms with Crippen molar-refractivity contribution in [1.82, 2.24) is 25.1 Å². The Kier molecular flexibility index (Phi) is 6.93. The first kappa shape index (κ1) is 25.5. The lowest BCUT2D eigenvalue weighted by Crippen LogP contribution is -2.01. The van der Waals surface area contributed by atoms with Gasteiger partial charge in [0.1, 0.15) is 22.9 Å². The summed E-state index contributed by atoms with van der Waals surface area (Å²) in [6.45, 7) is 0. The lowest BCUT2D eigenvalue weighted by Gasteiger charge is -2.15. The van der Waals surface area contributed by atoms with Crippen LogP contribution in [-0.2, 0) is 0 Å². The fraction of sp³-hybridized carbons (Fsp3) is 0.0645. The fourth-order valence-electron chi connectivity index (χ4n) is 4.51. The summed E-state index contributed by atoms with van der Waals surface area (Å²) in [6, 6.07) is 26.5. The van der Waals surface area contributed by atoms with Crippen molar-refractivity contribution in [3.05, 3.63) is 97.3 Å². The number of rotatable bonds is 8. The third-order valence-corrected chi connectivity index (χ3v) is 6.40. The molecule has 41 heavy (non-hydrogen) atoms. The van der Waals surface area contributed by atoms with Crippen molar-refractivity contribution in [2.24, 2.45) is 0 Å². The van der Waals surface area contributed by atoms with Crippen molar-refractivity contribution >= 4 is 28.2 Å². The first-order valence-electron chi connectivity index (χ1n) is 12.7. The molecule has 0 saturated carbocycles. The number of hydrogen-bond acceptors (Lipinski definition) is 10. The van der Waals surface area contributed by atoms with Crippen molar-refractivity contribution in [1.29, 1.82) is 0 Å². The van der Waals surface area contributed by atoms with Crippen LogP contribution in [0, 0.1) is 0 Å². The minimum atomic E-state index is 0.179. The smallest absolute Gasteiger partial charge is 0.228 e. The standard InChI is InChI=1S/C31H25N7O3/c1-39-25-10-5-11-26(40-2)27(25)28-21-7-3-4-8-22(21)29(38-37-28)35-19-12-14-20(15-13-19)41-30-23(9-6-17-33-30)24-16-18-34-31(32)36-24/h3-18H,1-2H3,(H,35,38)(H2,32,34,36). The highest BCUT2D eigenvalue weighted by molar-refractivity contribution is 6.02. The Morgan fingerprint density at radius 2 is 1.46 bits per heavy atom. The van der Waals surface area contributed by atoms with Crippen molar-refractivity contribution in [2.45, 2.75) is 0 Å². The molecule has 0 bridgehead atoms. The number of nitrogens with one attached hydrogen (secondary N) is 1. The van der Waals surface area contributed by atoms with Gasteiger partial charge < -0.3 is 25.3 Å². The van der Waals surface area contributed by atoms with Crippen molar-refractivity contribution in [3.8, 4) is 45.6 Å². The van der Waals surface area contributed by atoms with E-state index in [9.17, 15) is 0 Å². The normalized spacial score (nSPS) is 10.8. The second-order valence-electron chi connectivity index (χ2n) is 8.89. The molecule has 3 aromatic heterocycles. The van der Waals surface area contributed by atoms with Gasteiger partial charge in [-0.15, -0.1) is 10.2 Å². The number of fused-ring (bicyclic) bond motifs is 1. The van der Waals surface area contributed by atoms with E-state index in [-0.39, 0.29) is 5.95 Å². The van der Waals surface area contributed by atoms with E-state index < -0.39 is 0 Å². The molecular formula is C31H25N7O3. The monoisotopic (exact) mass is 543 g/mol. The average molecular weight is 544 g/mol. The van der Waals surface area contributed by atoms with Crippen molar-refractivity contribution < 1.29 is 14.2 Å². The summed E-state index contributed by atoms with van der Waals surface area (Å²) in [5, 5.41) is 14.3. The number of nitrogens with two attached hydrogens (primary N) is 1. The maximum Gasteiger partial charge on any atom is 0.228 e. The van der Waals surface area contributed by atoms with Crippen LogP contribution < -0.4 is 25.3 Å². The van der Waals surface area contributed by atoms with Crippen LogP contribution in [0.5, 0.6) is 23.1 Å². The topological polar surface area (TPSA) is 130 Å². The molecule has 3 heterocycles. The third kappa shape index (κ3) is 5.13. The summed E-state index contributed by atoms with van der Waals surface area (Å²) < 4.78 is 17.3. The van der Waals surface area contributed by atoms with Crippen LogP contribution in [0.25, 0.3) is 33.3 Å². The molecule has 0 radical (unpaired) electrons. The van der Waals surface area contributed by atoms with Crippen LogP contribution in [0.1, 0.15) is 0 Å². The van der Waals surface area contributed by atoms with Gasteiger partial charge >= 0.3 is 0 Å². The molecular weight excluding hydrogens is 518 g/mol. The third-order valence-electron chi connectivity index (χ3n) is 6.40. The predicted molar refractivity (Wildman–Crippen MR) is 158 cm³/mol. The maximum atomic E-state index is 6.10. The van der Waals surface area contributed by atoms with E-state index >= 15 is 0 Å². The largest absolute Gasteiger partial charge is 0.496 e. The number of pyridine rings is 1. The molecule has 6 aromatic rings. The summed E-state index contributed by atoms with van der Waals surface area (Å²) in [6.07, 6.45) is 3.26. The molecule has 0 aliphatic carbocycles. The Labute approximate surface area is 235 Å². The Bertz CT molecular complexity index is 1820. The molecule has 3 aromatic carbocycles. The van der Waals surface area contributed by atoms with E-state index in [1.165, 1.54) is 0 Å². The van der Waals surface area contributed by atoms with Crippen LogP contribution in [-0.4, -0.2) is 39.4 Å². The van der Waals surface area contributed by atoms with E-state index in [0.29, 0.717) is 45.9 Å². The van der Waals surface area contributed by atoms with Crippen LogP contribution in [0.4, 0.5) is 17.5 Å². The zero-order chi connectivity index (χ0) is 28.2. The number of aromatic nitrogens is 5. The van der Waals surface area contributed by atoms with E-state index in [4.69, 9.17) is 19.9 Å². The highest BCUT2D eigenvalue weighted by Crippen LogP contribution is 2.41. The van der Waals surface area contributed by atoms with Gasteiger partial charge in [0, 0.05) is 28.9 Å². The van der Waals surface area contributed by atoms with Gasteiger partial charge in [-0.1, -0.05) is 30.3 Å². The van der Waals surface area contributed by atoms with Crippen LogP contribution in [0.2, 0.25) is 0 Å². The van der Waals surface area contributed by atoms with Gasteiger partial charge in [-0.05, 0) is 54.6 Å². The predicted octanol–water partition coefficient (Wildman–Crippen LogP) is 6.28. The fourth-order valence-corrected chi connectivity index (χ4v) is 4.51. The first-order valence-corrected chi connectivity index (χ1v) is 12.7. The maximum absolute atomic E-state index is 6.10. The molecule has 0 atom stereocenters. The minimum absolute atomic E-state index is 0.179. The molecule has 202 valence electrons. The first-order chi connectivity index (χ1) is 20.1. The SMILES string of the molecule is COc1cccc(OC)c1-c1nnc(Nc2ccc(Oc3ncccc3-c3ccnc(N)n3)cc2)c2ccccc12. The van der Waals surface area contributed by atoms with E-state index in [2.05, 4.69) is 30.5 Å². The van der Waals surface area contributed by atoms with Crippen molar-refractivity contribution in [2.75, 3.05) is 25.3 Å². The Morgan fingerprint density at radius 3 is 2.20 bits per heavy atom. The highest BCUT2D eigenvalue weighted by Gasteiger charge is 2.19. The van der Waals surface area contributed by atoms with Crippen LogP contribution in [0.15, 0.2) is 97.3 Å². The van der Waals surface area contributed by atoms with Gasteiger partial charge in [-0.3, -0.25) is 0 Å². The second-order valence-corrected chi connectivity index (χ2v) is 8.89. The van der Waals surface area contributed by atoms with Gasteiger partial charge in [0.15, 0.2) is 5.82 Å². The summed E-state index contributed by atoms with van der Waals surface area (Å²) in [4.78, 5) is 12.6. The zero-order valence-electron chi connectivity index (χ0n) is 22.3. The Balaban J connectivity index is 1.29. The number of methoxy groups -OCH3 is 2. The molecule has 6 rings (SSSR count). The molecule has 10 nitrogen and oxygen atoms in total. The summed E-state index contributed by atoms with van der Waals surface area (Å²) in [5.74, 6) is 3.11. The Hall–Kier alpha value is -5.77. The number of nitrogens with zero attached hydrogens (tertiary/aromatic N) is 5. The van der Waals surface area contributed by atoms with E-state index in [1.54, 1.807) is 32.7 Å². The zero-order valence-corrected chi connectivity index (χ0v) is 22.3. The summed E-state index contributed by atoms with van der Waals surface area (Å²) >= 11 is 0. The van der Waals surface area contributed by atoms with Gasteiger partial charge in [-0.2, -0.15) is 0 Å². The minimum Gasteiger partial charge on any atom is -0.496 e. The van der Waals surface area contributed by atoms with Gasteiger partial charge in [0.05, 0.1) is 31.0 Å². The molecule has 10 heteroatoms. The molecule has 3 N–H and O–H groups in total. The molecule has 0 saturated heterocycles. The van der Waals surface area contributed by atoms with Gasteiger partial charge in [0.25, 0.3) is 0 Å². The average Bonchev–Trinajstić information content (AvgIpc) is 3.02. The van der Waals surface area contributed by atoms with Crippen LogP contribution >= 0.6 is 0 Å². The highest BCUT2D eigenvalue weighted by atomic mass is 16.5. The quantitative estimate of drug-likeness (QED) is 0.226. The summed E-state index contributed by atoms with van der Waals surface area (Å²) in [5.41, 5.74) is 9.32. The second kappa shape index (κ2) is 11.1. The number of benzene rings is 3. The van der Waals surface area contributed by atoms with E-state index in [0.717, 1.165) is 22.0 Å². The van der Waals surface area contributed by atoms with Gasteiger partial charge in [-0.25, -0.2) is 15.0 Å². The number of nitrogen functional groups attached to an aromatic ring is 1. The molecule has 0 fully saturated rings. The molecule has 0 unspecified atom stereocenters. The lowest BCUT2D eigenvalue weighted by atomic mass is 10.0. The molecule has 0 spiro atoms. The molecule has 0 aliphatic heterocycles. The number of ether oxygens (including phenoxy) is 3. The van der Waals surface area contributed by atoms with Gasteiger partial charge in [0.2, 0.25) is 11.8 Å². The number of anilines is 3. The van der Waals surface area contributed by atoms with E-state index in [1.807, 2.05) is 78.9 Å². The molecule has 0 aliphatic rings. The number of hydrogen-bond donors (Lipinski definition) is 2. The van der Waals surface area contributed by atoms with Crippen LogP contribution in [0.3, 0.4) is 0 Å². The Morgan fingerprint density at radius 1 is 0.707 bits per heavy atom. The summed E-state index contributed by atoms with van der Waals surface area (Å²) in [7, 11) is 3.25. The molecule has 0 amide bonds. The van der Waals surface area contributed by atoms with Crippen molar-refractivity contribution in [3.63, 3.8) is 0 Å². The lowest BCUT2D eigenvalue weighted by molar-refractivity contribution is 0.397.